The van der Waals surface area contributed by atoms with Crippen molar-refractivity contribution >= 4 is 27.5 Å². The van der Waals surface area contributed by atoms with E-state index in [2.05, 4.69) is 4.72 Å². The summed E-state index contributed by atoms with van der Waals surface area (Å²) in [5.41, 5.74) is 0.966. The summed E-state index contributed by atoms with van der Waals surface area (Å²) in [7, 11) is -3.39. The van der Waals surface area contributed by atoms with Gasteiger partial charge in [0.25, 0.3) is 0 Å². The number of hydrogen-bond acceptors (Lipinski definition) is 6. The van der Waals surface area contributed by atoms with Gasteiger partial charge in [0.2, 0.25) is 15.8 Å². The predicted octanol–water partition coefficient (Wildman–Crippen LogP) is 3.28. The lowest BCUT2D eigenvalue weighted by atomic mass is 10.1. The van der Waals surface area contributed by atoms with Crippen LogP contribution in [0.2, 0.25) is 0 Å². The Balaban J connectivity index is 1.98. The van der Waals surface area contributed by atoms with Crippen molar-refractivity contribution in [1.82, 2.24) is 0 Å². The fourth-order valence-electron chi connectivity index (χ4n) is 2.34. The number of anilines is 1. The van der Waals surface area contributed by atoms with Gasteiger partial charge in [-0.2, -0.15) is 0 Å². The van der Waals surface area contributed by atoms with Crippen molar-refractivity contribution in [2.24, 2.45) is 0 Å². The van der Waals surface area contributed by atoms with E-state index in [-0.39, 0.29) is 5.78 Å². The van der Waals surface area contributed by atoms with Crippen LogP contribution in [0.15, 0.2) is 48.5 Å². The average molecular weight is 405 g/mol. The van der Waals surface area contributed by atoms with Gasteiger partial charge in [-0.3, -0.25) is 9.52 Å². The van der Waals surface area contributed by atoms with Gasteiger partial charge in [-0.05, 0) is 61.9 Å². The normalized spacial score (nSPS) is 12.1. The van der Waals surface area contributed by atoms with Gasteiger partial charge >= 0.3 is 5.97 Å². The van der Waals surface area contributed by atoms with E-state index in [9.17, 15) is 18.0 Å². The first-order valence-electron chi connectivity index (χ1n) is 8.75. The molecule has 1 unspecified atom stereocenters. The van der Waals surface area contributed by atoms with Crippen LogP contribution < -0.4 is 9.46 Å². The fraction of sp³-hybridized carbons (Fsp3) is 0.300. The summed E-state index contributed by atoms with van der Waals surface area (Å²) < 4.78 is 35.4. The highest BCUT2D eigenvalue weighted by Gasteiger charge is 2.20. The summed E-state index contributed by atoms with van der Waals surface area (Å²) in [6.07, 6.45) is 0.933. The summed E-state index contributed by atoms with van der Waals surface area (Å²) in [5, 5.41) is 0. The molecule has 0 heterocycles. The van der Waals surface area contributed by atoms with E-state index in [1.165, 1.54) is 31.2 Å². The molecular weight excluding hydrogens is 382 g/mol. The van der Waals surface area contributed by atoms with E-state index in [0.29, 0.717) is 29.2 Å². The molecule has 8 heteroatoms. The van der Waals surface area contributed by atoms with Crippen LogP contribution in [-0.4, -0.2) is 39.1 Å². The Bertz CT molecular complexity index is 920. The maximum absolute atomic E-state index is 12.4. The monoisotopic (exact) mass is 405 g/mol. The van der Waals surface area contributed by atoms with Crippen molar-refractivity contribution in [1.29, 1.82) is 0 Å². The predicted molar refractivity (Wildman–Crippen MR) is 106 cm³/mol. The first kappa shape index (κ1) is 21.4. The Labute approximate surface area is 164 Å². The third kappa shape index (κ3) is 6.38. The highest BCUT2D eigenvalue weighted by atomic mass is 32.2. The first-order valence-corrected chi connectivity index (χ1v) is 10.6. The molecule has 0 saturated carbocycles. The SMILES string of the molecule is CCCOc1ccc(C(=O)OC(C)C(=O)c2ccc(NS(C)(=O)=O)cc2)cc1. The van der Waals surface area contributed by atoms with Crippen LogP contribution in [-0.2, 0) is 14.8 Å². The molecule has 2 aromatic carbocycles. The van der Waals surface area contributed by atoms with Crippen molar-refractivity contribution in [3.8, 4) is 5.75 Å². The summed E-state index contributed by atoms with van der Waals surface area (Å²) in [6, 6.07) is 12.4. The topological polar surface area (TPSA) is 98.8 Å². The number of esters is 1. The van der Waals surface area contributed by atoms with Gasteiger partial charge in [0.05, 0.1) is 18.4 Å². The standard InChI is InChI=1S/C20H23NO6S/c1-4-13-26-18-11-7-16(8-12-18)20(23)27-14(2)19(22)15-5-9-17(10-6-15)21-28(3,24)25/h5-12,14,21H,4,13H2,1-3H3. The van der Waals surface area contributed by atoms with Gasteiger partial charge in [-0.1, -0.05) is 6.92 Å². The Morgan fingerprint density at radius 1 is 1.00 bits per heavy atom. The first-order chi connectivity index (χ1) is 13.2. The summed E-state index contributed by atoms with van der Waals surface area (Å²) >= 11 is 0. The minimum absolute atomic E-state index is 0.308. The molecule has 0 radical (unpaired) electrons. The number of hydrogen-bond donors (Lipinski definition) is 1. The minimum atomic E-state index is -3.39. The summed E-state index contributed by atoms with van der Waals surface area (Å²) in [4.78, 5) is 24.7. The van der Waals surface area contributed by atoms with E-state index in [1.54, 1.807) is 24.3 Å². The second-order valence-corrected chi connectivity index (χ2v) is 7.98. The summed E-state index contributed by atoms with van der Waals surface area (Å²) in [6.45, 7) is 4.08. The van der Waals surface area contributed by atoms with Crippen molar-refractivity contribution < 1.29 is 27.5 Å². The van der Waals surface area contributed by atoms with Crippen molar-refractivity contribution in [3.63, 3.8) is 0 Å². The maximum Gasteiger partial charge on any atom is 0.338 e. The molecule has 2 aromatic rings. The van der Waals surface area contributed by atoms with E-state index in [4.69, 9.17) is 9.47 Å². The van der Waals surface area contributed by atoms with Gasteiger partial charge in [-0.25, -0.2) is 13.2 Å². The quantitative estimate of drug-likeness (QED) is 0.508. The fourth-order valence-corrected chi connectivity index (χ4v) is 2.90. The van der Waals surface area contributed by atoms with Gasteiger partial charge in [0.15, 0.2) is 6.10 Å². The van der Waals surface area contributed by atoms with Crippen LogP contribution in [0.5, 0.6) is 5.75 Å². The lowest BCUT2D eigenvalue weighted by Gasteiger charge is -2.13. The van der Waals surface area contributed by atoms with Crippen LogP contribution in [0.1, 0.15) is 41.0 Å². The summed E-state index contributed by atoms with van der Waals surface area (Å²) in [5.74, 6) is -0.342. The third-order valence-electron chi connectivity index (χ3n) is 3.69. The van der Waals surface area contributed by atoms with Crippen molar-refractivity contribution in [3.05, 3.63) is 59.7 Å². The molecule has 2 rings (SSSR count). The molecular formula is C20H23NO6S. The number of sulfonamides is 1. The molecule has 0 aromatic heterocycles. The molecule has 0 aliphatic carbocycles. The minimum Gasteiger partial charge on any atom is -0.494 e. The number of benzene rings is 2. The second-order valence-electron chi connectivity index (χ2n) is 6.24. The lowest BCUT2D eigenvalue weighted by molar-refractivity contribution is 0.0319. The molecule has 0 aliphatic rings. The van der Waals surface area contributed by atoms with Crippen molar-refractivity contribution in [2.45, 2.75) is 26.4 Å². The largest absolute Gasteiger partial charge is 0.494 e. The number of carbonyl (C=O) groups excluding carboxylic acids is 2. The van der Waals surface area contributed by atoms with Crippen LogP contribution >= 0.6 is 0 Å². The number of nitrogens with one attached hydrogen (secondary N) is 1. The Morgan fingerprint density at radius 3 is 2.11 bits per heavy atom. The van der Waals surface area contributed by atoms with E-state index in [1.807, 2.05) is 6.92 Å². The lowest BCUT2D eigenvalue weighted by Crippen LogP contribution is -2.24. The Morgan fingerprint density at radius 2 is 1.57 bits per heavy atom. The number of ketones is 1. The molecule has 0 bridgehead atoms. The zero-order chi connectivity index (χ0) is 20.7. The molecule has 1 atom stereocenters. The van der Waals surface area contributed by atoms with Gasteiger partial charge in [0.1, 0.15) is 5.75 Å². The van der Waals surface area contributed by atoms with E-state index >= 15 is 0 Å². The molecule has 0 amide bonds. The molecule has 0 fully saturated rings. The number of carbonyl (C=O) groups is 2. The maximum atomic E-state index is 12.4. The molecule has 28 heavy (non-hydrogen) atoms. The van der Waals surface area contributed by atoms with Gasteiger partial charge in [0, 0.05) is 11.3 Å². The Kier molecular flexibility index (Phi) is 7.17. The molecule has 0 saturated heterocycles. The van der Waals surface area contributed by atoms with Crippen LogP contribution in [0.4, 0.5) is 5.69 Å². The highest BCUT2D eigenvalue weighted by Crippen LogP contribution is 2.16. The number of Topliss-reactive ketones (excluding diaryl/α,β-unsaturated/α-hetero) is 1. The molecule has 7 nitrogen and oxygen atoms in total. The van der Waals surface area contributed by atoms with Crippen LogP contribution in [0, 0.1) is 0 Å². The average Bonchev–Trinajstić information content (AvgIpc) is 2.65. The zero-order valence-electron chi connectivity index (χ0n) is 16.0. The molecule has 0 spiro atoms. The zero-order valence-corrected chi connectivity index (χ0v) is 16.8. The van der Waals surface area contributed by atoms with Crippen LogP contribution in [0.25, 0.3) is 0 Å². The molecule has 1 N–H and O–H groups in total. The molecule has 0 aliphatic heterocycles. The van der Waals surface area contributed by atoms with E-state index in [0.717, 1.165) is 12.7 Å². The Hall–Kier alpha value is -2.87. The highest BCUT2D eigenvalue weighted by molar-refractivity contribution is 7.92. The van der Waals surface area contributed by atoms with Gasteiger partial charge < -0.3 is 9.47 Å². The van der Waals surface area contributed by atoms with E-state index < -0.39 is 22.1 Å². The number of rotatable bonds is 9. The third-order valence-corrected chi connectivity index (χ3v) is 4.30. The van der Waals surface area contributed by atoms with Gasteiger partial charge in [-0.15, -0.1) is 0 Å². The van der Waals surface area contributed by atoms with Crippen LogP contribution in [0.3, 0.4) is 0 Å². The van der Waals surface area contributed by atoms with Crippen molar-refractivity contribution in [2.75, 3.05) is 17.6 Å². The number of ether oxygens (including phenoxy) is 2. The smallest absolute Gasteiger partial charge is 0.338 e. The second kappa shape index (κ2) is 9.36. The molecule has 150 valence electrons.